The van der Waals surface area contributed by atoms with Gasteiger partial charge in [0.25, 0.3) is 0 Å². The highest BCUT2D eigenvalue weighted by atomic mass is 32.2. The lowest BCUT2D eigenvalue weighted by atomic mass is 10.1. The molecule has 1 aromatic heterocycles. The summed E-state index contributed by atoms with van der Waals surface area (Å²) >= 11 is 0. The molecule has 9 nitrogen and oxygen atoms in total. The van der Waals surface area contributed by atoms with Crippen LogP contribution in [-0.4, -0.2) is 78.6 Å². The normalized spacial score (nSPS) is 20.6. The highest BCUT2D eigenvalue weighted by Crippen LogP contribution is 2.27. The molecule has 10 heteroatoms. The number of carboxylic acid groups (broad SMARTS) is 1. The summed E-state index contributed by atoms with van der Waals surface area (Å²) in [5.41, 5.74) is 2.03. The number of pyridine rings is 1. The summed E-state index contributed by atoms with van der Waals surface area (Å²) < 4.78 is 35.7. The second-order valence-electron chi connectivity index (χ2n) is 8.33. The zero-order valence-corrected chi connectivity index (χ0v) is 19.0. The van der Waals surface area contributed by atoms with Crippen LogP contribution in [0.4, 0.5) is 5.69 Å². The van der Waals surface area contributed by atoms with E-state index in [-0.39, 0.29) is 18.2 Å². The first-order valence-corrected chi connectivity index (χ1v) is 12.0. The molecule has 32 heavy (non-hydrogen) atoms. The van der Waals surface area contributed by atoms with Gasteiger partial charge in [0.1, 0.15) is 0 Å². The minimum Gasteiger partial charge on any atom is -0.478 e. The lowest BCUT2D eigenvalue weighted by Gasteiger charge is -2.46. The number of anilines is 1. The lowest BCUT2D eigenvalue weighted by molar-refractivity contribution is -0.0873. The minimum absolute atomic E-state index is 0.0107. The second kappa shape index (κ2) is 9.14. The number of aryl methyl sites for hydroxylation is 1. The quantitative estimate of drug-likeness (QED) is 0.671. The van der Waals surface area contributed by atoms with E-state index in [9.17, 15) is 13.2 Å². The molecule has 1 atom stereocenters. The van der Waals surface area contributed by atoms with Crippen molar-refractivity contribution in [1.29, 1.82) is 0 Å². The highest BCUT2D eigenvalue weighted by molar-refractivity contribution is 7.90. The number of carbonyl (C=O) groups is 1. The number of ether oxygens (including phenoxy) is 1. The number of aromatic carboxylic acids is 1. The van der Waals surface area contributed by atoms with Crippen LogP contribution in [-0.2, 0) is 21.5 Å². The Bertz CT molecular complexity index is 1070. The summed E-state index contributed by atoms with van der Waals surface area (Å²) in [6, 6.07) is 10.8. The SMILES string of the molecule is Cc1cccc(N(Cc2ccc(C(=O)O)cn2)S(=O)(=O)N2CCN(C3COC3)[C@H](C)C2)c1. The van der Waals surface area contributed by atoms with Gasteiger partial charge in [-0.05, 0) is 43.7 Å². The third-order valence-electron chi connectivity index (χ3n) is 6.00. The number of benzene rings is 1. The van der Waals surface area contributed by atoms with Crippen molar-refractivity contribution in [2.45, 2.75) is 32.5 Å². The molecule has 0 spiro atoms. The van der Waals surface area contributed by atoms with Crippen molar-refractivity contribution in [1.82, 2.24) is 14.2 Å². The monoisotopic (exact) mass is 460 g/mol. The number of rotatable bonds is 7. The molecule has 172 valence electrons. The van der Waals surface area contributed by atoms with E-state index < -0.39 is 16.2 Å². The van der Waals surface area contributed by atoms with E-state index in [2.05, 4.69) is 9.88 Å². The number of nitrogens with zero attached hydrogens (tertiary/aromatic N) is 4. The minimum atomic E-state index is -3.84. The molecule has 4 rings (SSSR count). The van der Waals surface area contributed by atoms with Crippen molar-refractivity contribution in [3.05, 3.63) is 59.4 Å². The van der Waals surface area contributed by atoms with Gasteiger partial charge < -0.3 is 9.84 Å². The topological polar surface area (TPSA) is 103 Å². The molecular weight excluding hydrogens is 432 g/mol. The van der Waals surface area contributed by atoms with Gasteiger partial charge in [-0.15, -0.1) is 0 Å². The molecule has 1 aromatic carbocycles. The summed E-state index contributed by atoms with van der Waals surface area (Å²) in [4.78, 5) is 17.6. The van der Waals surface area contributed by atoms with Crippen LogP contribution in [0.1, 0.15) is 28.5 Å². The molecule has 0 radical (unpaired) electrons. The number of hydrogen-bond donors (Lipinski definition) is 1. The molecule has 0 aliphatic carbocycles. The molecule has 2 saturated heterocycles. The van der Waals surface area contributed by atoms with Crippen molar-refractivity contribution in [3.63, 3.8) is 0 Å². The standard InChI is InChI=1S/C22H28N4O5S/c1-16-4-3-5-20(10-16)26(13-19-7-6-18(11-23-19)22(27)28)32(29,30)24-8-9-25(17(2)12-24)21-14-31-15-21/h3-7,10-11,17,21H,8-9,12-15H2,1-2H3,(H,27,28)/t17-/m1/s1. The summed E-state index contributed by atoms with van der Waals surface area (Å²) in [6.45, 7) is 6.82. The molecule has 2 aromatic rings. The molecule has 2 aliphatic heterocycles. The Hall–Kier alpha value is -2.53. The molecule has 3 heterocycles. The van der Waals surface area contributed by atoms with Crippen LogP contribution in [0.2, 0.25) is 0 Å². The van der Waals surface area contributed by atoms with Crippen molar-refractivity contribution in [3.8, 4) is 0 Å². The number of aromatic nitrogens is 1. The summed E-state index contributed by atoms with van der Waals surface area (Å²) in [5, 5.41) is 9.11. The van der Waals surface area contributed by atoms with Crippen molar-refractivity contribution < 1.29 is 23.1 Å². The first kappa shape index (κ1) is 22.7. The van der Waals surface area contributed by atoms with Crippen molar-refractivity contribution in [2.75, 3.05) is 37.2 Å². The largest absolute Gasteiger partial charge is 0.478 e. The molecule has 0 amide bonds. The Morgan fingerprint density at radius 2 is 2.03 bits per heavy atom. The molecule has 2 fully saturated rings. The molecule has 0 bridgehead atoms. The van der Waals surface area contributed by atoms with Gasteiger partial charge in [-0.1, -0.05) is 12.1 Å². The van der Waals surface area contributed by atoms with Crippen LogP contribution in [0, 0.1) is 6.92 Å². The number of hydrogen-bond acceptors (Lipinski definition) is 6. The van der Waals surface area contributed by atoms with E-state index >= 15 is 0 Å². The third kappa shape index (κ3) is 4.63. The summed E-state index contributed by atoms with van der Waals surface area (Å²) in [7, 11) is -3.84. The maximum Gasteiger partial charge on any atom is 0.337 e. The Morgan fingerprint density at radius 1 is 1.25 bits per heavy atom. The summed E-state index contributed by atoms with van der Waals surface area (Å²) in [5.74, 6) is -1.07. The van der Waals surface area contributed by atoms with E-state index in [0.29, 0.717) is 50.3 Å². The van der Waals surface area contributed by atoms with E-state index in [1.54, 1.807) is 12.1 Å². The van der Waals surface area contributed by atoms with Gasteiger partial charge in [0.05, 0.1) is 42.7 Å². The van der Waals surface area contributed by atoms with Gasteiger partial charge in [-0.25, -0.2) is 4.79 Å². The average Bonchev–Trinajstić information content (AvgIpc) is 2.72. The molecule has 1 N–H and O–H groups in total. The van der Waals surface area contributed by atoms with Gasteiger partial charge in [0, 0.05) is 31.9 Å². The van der Waals surface area contributed by atoms with Gasteiger partial charge >= 0.3 is 16.2 Å². The van der Waals surface area contributed by atoms with Crippen LogP contribution >= 0.6 is 0 Å². The van der Waals surface area contributed by atoms with Crippen LogP contribution in [0.15, 0.2) is 42.6 Å². The first-order chi connectivity index (χ1) is 15.3. The van der Waals surface area contributed by atoms with E-state index in [1.807, 2.05) is 32.0 Å². The van der Waals surface area contributed by atoms with Crippen LogP contribution in [0.5, 0.6) is 0 Å². The van der Waals surface area contributed by atoms with Crippen LogP contribution in [0.25, 0.3) is 0 Å². The second-order valence-corrected chi connectivity index (χ2v) is 10.2. The highest BCUT2D eigenvalue weighted by Gasteiger charge is 2.39. The predicted octanol–water partition coefficient (Wildman–Crippen LogP) is 1.74. The Kier molecular flexibility index (Phi) is 6.47. The van der Waals surface area contributed by atoms with Crippen molar-refractivity contribution in [2.24, 2.45) is 0 Å². The zero-order chi connectivity index (χ0) is 22.9. The number of carboxylic acids is 1. The fourth-order valence-corrected chi connectivity index (χ4v) is 5.80. The Balaban J connectivity index is 1.60. The number of piperazine rings is 1. The smallest absolute Gasteiger partial charge is 0.337 e. The molecule has 2 aliphatic rings. The fourth-order valence-electron chi connectivity index (χ4n) is 4.13. The van der Waals surface area contributed by atoms with Gasteiger partial charge in [0.2, 0.25) is 0 Å². The maximum atomic E-state index is 13.8. The lowest BCUT2D eigenvalue weighted by Crippen LogP contribution is -2.62. The van der Waals surface area contributed by atoms with Crippen LogP contribution < -0.4 is 4.31 Å². The Labute approximate surface area is 188 Å². The zero-order valence-electron chi connectivity index (χ0n) is 18.2. The van der Waals surface area contributed by atoms with Gasteiger partial charge in [-0.3, -0.25) is 14.2 Å². The molecular formula is C22H28N4O5S. The molecule has 0 saturated carbocycles. The maximum absolute atomic E-state index is 13.8. The van der Waals surface area contributed by atoms with E-state index in [1.165, 1.54) is 20.9 Å². The summed E-state index contributed by atoms with van der Waals surface area (Å²) in [6.07, 6.45) is 1.25. The third-order valence-corrected chi connectivity index (χ3v) is 7.88. The van der Waals surface area contributed by atoms with Gasteiger partial charge in [0.15, 0.2) is 0 Å². The predicted molar refractivity (Wildman–Crippen MR) is 120 cm³/mol. The first-order valence-electron chi connectivity index (χ1n) is 10.6. The fraction of sp³-hybridized carbons (Fsp3) is 0.455. The van der Waals surface area contributed by atoms with E-state index in [4.69, 9.17) is 9.84 Å². The Morgan fingerprint density at radius 3 is 2.59 bits per heavy atom. The van der Waals surface area contributed by atoms with Crippen molar-refractivity contribution >= 4 is 21.9 Å². The van der Waals surface area contributed by atoms with Gasteiger partial charge in [-0.2, -0.15) is 12.7 Å². The molecule has 0 unspecified atom stereocenters. The van der Waals surface area contributed by atoms with E-state index in [0.717, 1.165) is 5.56 Å². The van der Waals surface area contributed by atoms with Crippen LogP contribution in [0.3, 0.4) is 0 Å². The average molecular weight is 461 g/mol.